The minimum atomic E-state index is -0.468. The molecular formula is C30H29FN4O3. The number of carbonyl (C=O) groups is 2. The number of anilines is 1. The molecule has 0 radical (unpaired) electrons. The topological polar surface area (TPSA) is 96.2 Å². The van der Waals surface area contributed by atoms with Gasteiger partial charge in [-0.1, -0.05) is 48.7 Å². The first kappa shape index (κ1) is 25.2. The molecule has 8 heteroatoms. The van der Waals surface area contributed by atoms with Gasteiger partial charge in [0.2, 0.25) is 0 Å². The number of hydrogen-bond acceptors (Lipinski definition) is 4. The third kappa shape index (κ3) is 5.44. The maximum Gasteiger partial charge on any atom is 0.342 e. The molecule has 3 N–H and O–H groups in total. The molecular weight excluding hydrogens is 483 g/mol. The van der Waals surface area contributed by atoms with Gasteiger partial charge in [0, 0.05) is 34.8 Å². The number of nitrogens with zero attached hydrogens (tertiary/aromatic N) is 2. The van der Waals surface area contributed by atoms with Gasteiger partial charge in [0.05, 0.1) is 11.4 Å². The average Bonchev–Trinajstić information content (AvgIpc) is 3.60. The molecule has 1 aliphatic rings. The van der Waals surface area contributed by atoms with Gasteiger partial charge in [-0.25, -0.2) is 9.18 Å². The SMILES string of the molecule is Cc1ccc(C(=O)Nc2ccc(O)c(-c3cc(C4CCCC4)n(C(=O)NCc4ccccc4F)n3)c2)cc1. The van der Waals surface area contributed by atoms with Crippen LogP contribution in [0.1, 0.15) is 58.8 Å². The van der Waals surface area contributed by atoms with Crippen LogP contribution < -0.4 is 10.6 Å². The summed E-state index contributed by atoms with van der Waals surface area (Å²) in [4.78, 5) is 25.9. The smallest absolute Gasteiger partial charge is 0.342 e. The molecule has 0 unspecified atom stereocenters. The monoisotopic (exact) mass is 512 g/mol. The summed E-state index contributed by atoms with van der Waals surface area (Å²) >= 11 is 0. The minimum Gasteiger partial charge on any atom is -0.507 e. The Morgan fingerprint density at radius 1 is 1.03 bits per heavy atom. The Bertz CT molecular complexity index is 1470. The largest absolute Gasteiger partial charge is 0.507 e. The number of amides is 2. The van der Waals surface area contributed by atoms with Crippen LogP contribution in [0.25, 0.3) is 11.3 Å². The fraction of sp³-hybridized carbons (Fsp3) is 0.233. The van der Waals surface area contributed by atoms with E-state index in [0.717, 1.165) is 36.9 Å². The molecule has 0 bridgehead atoms. The molecule has 3 aromatic carbocycles. The second kappa shape index (κ2) is 10.9. The van der Waals surface area contributed by atoms with Crippen molar-refractivity contribution in [2.75, 3.05) is 5.32 Å². The van der Waals surface area contributed by atoms with Gasteiger partial charge in [-0.3, -0.25) is 4.79 Å². The maximum absolute atomic E-state index is 14.1. The van der Waals surface area contributed by atoms with Gasteiger partial charge < -0.3 is 15.7 Å². The van der Waals surface area contributed by atoms with Gasteiger partial charge in [-0.05, 0) is 62.2 Å². The van der Waals surface area contributed by atoms with Gasteiger partial charge in [-0.15, -0.1) is 0 Å². The lowest BCUT2D eigenvalue weighted by Crippen LogP contribution is -2.31. The molecule has 1 saturated carbocycles. The van der Waals surface area contributed by atoms with Crippen LogP contribution in [0.2, 0.25) is 0 Å². The van der Waals surface area contributed by atoms with E-state index in [1.165, 1.54) is 16.8 Å². The predicted molar refractivity (Wildman–Crippen MR) is 144 cm³/mol. The quantitative estimate of drug-likeness (QED) is 0.262. The molecule has 1 aliphatic carbocycles. The molecule has 2 amide bonds. The van der Waals surface area contributed by atoms with E-state index in [0.29, 0.717) is 28.1 Å². The standard InChI is InChI=1S/C30H29FN4O3/c1-19-10-12-21(13-11-19)29(37)33-23-14-15-28(36)24(16-23)26-17-27(20-6-2-3-7-20)35(34-26)30(38)32-18-22-8-4-5-9-25(22)31/h4-5,8-17,20,36H,2-3,6-7,18H2,1H3,(H,32,38)(H,33,37). The molecule has 4 aromatic rings. The minimum absolute atomic E-state index is 0.0206. The van der Waals surface area contributed by atoms with Crippen molar-refractivity contribution in [3.8, 4) is 17.0 Å². The first-order chi connectivity index (χ1) is 18.4. The van der Waals surface area contributed by atoms with E-state index in [4.69, 9.17) is 0 Å². The molecule has 5 rings (SSSR count). The number of halogens is 1. The van der Waals surface area contributed by atoms with Crippen molar-refractivity contribution in [2.24, 2.45) is 0 Å². The highest BCUT2D eigenvalue weighted by Gasteiger charge is 2.26. The summed E-state index contributed by atoms with van der Waals surface area (Å²) in [5.74, 6) is -0.527. The number of hydrogen-bond donors (Lipinski definition) is 3. The average molecular weight is 513 g/mol. The molecule has 194 valence electrons. The van der Waals surface area contributed by atoms with E-state index in [-0.39, 0.29) is 29.9 Å². The van der Waals surface area contributed by atoms with E-state index >= 15 is 0 Å². The summed E-state index contributed by atoms with van der Waals surface area (Å²) < 4.78 is 15.4. The maximum atomic E-state index is 14.1. The molecule has 38 heavy (non-hydrogen) atoms. The Morgan fingerprint density at radius 3 is 2.50 bits per heavy atom. The van der Waals surface area contributed by atoms with Gasteiger partial charge in [-0.2, -0.15) is 9.78 Å². The fourth-order valence-electron chi connectivity index (χ4n) is 4.82. The van der Waals surface area contributed by atoms with Gasteiger partial charge in [0.25, 0.3) is 5.91 Å². The highest BCUT2D eigenvalue weighted by Crippen LogP contribution is 2.38. The second-order valence-corrected chi connectivity index (χ2v) is 9.65. The highest BCUT2D eigenvalue weighted by atomic mass is 19.1. The summed E-state index contributed by atoms with van der Waals surface area (Å²) in [6, 6.07) is 19.6. The zero-order valence-corrected chi connectivity index (χ0v) is 21.1. The van der Waals surface area contributed by atoms with Crippen molar-refractivity contribution in [1.82, 2.24) is 15.1 Å². The van der Waals surface area contributed by atoms with Crippen LogP contribution in [0.3, 0.4) is 0 Å². The van der Waals surface area contributed by atoms with E-state index in [1.807, 2.05) is 25.1 Å². The van der Waals surface area contributed by atoms with Crippen LogP contribution in [0.15, 0.2) is 72.8 Å². The van der Waals surface area contributed by atoms with Crippen LogP contribution >= 0.6 is 0 Å². The lowest BCUT2D eigenvalue weighted by molar-refractivity contribution is 0.102. The van der Waals surface area contributed by atoms with Crippen LogP contribution in [-0.2, 0) is 6.54 Å². The van der Waals surface area contributed by atoms with Crippen LogP contribution in [0.4, 0.5) is 14.9 Å². The second-order valence-electron chi connectivity index (χ2n) is 9.65. The van der Waals surface area contributed by atoms with Crippen LogP contribution in [0, 0.1) is 12.7 Å². The van der Waals surface area contributed by atoms with Crippen LogP contribution in [-0.4, -0.2) is 26.8 Å². The first-order valence-corrected chi connectivity index (χ1v) is 12.7. The zero-order valence-electron chi connectivity index (χ0n) is 21.1. The van der Waals surface area contributed by atoms with E-state index in [2.05, 4.69) is 15.7 Å². The van der Waals surface area contributed by atoms with Gasteiger partial charge in [0.15, 0.2) is 0 Å². The molecule has 7 nitrogen and oxygen atoms in total. The van der Waals surface area contributed by atoms with Crippen molar-refractivity contribution >= 4 is 17.6 Å². The van der Waals surface area contributed by atoms with E-state index < -0.39 is 6.03 Å². The number of phenols is 1. The summed E-state index contributed by atoms with van der Waals surface area (Å²) in [7, 11) is 0. The molecule has 0 aliphatic heterocycles. The molecule has 1 fully saturated rings. The number of phenolic OH excluding ortho intramolecular Hbond substituents is 1. The zero-order chi connectivity index (χ0) is 26.6. The first-order valence-electron chi connectivity index (χ1n) is 12.7. The third-order valence-corrected chi connectivity index (χ3v) is 6.93. The Balaban J connectivity index is 1.42. The molecule has 1 aromatic heterocycles. The van der Waals surface area contributed by atoms with E-state index in [9.17, 15) is 19.1 Å². The number of aromatic hydroxyl groups is 1. The number of aromatic nitrogens is 2. The number of carbonyl (C=O) groups excluding carboxylic acids is 2. The van der Waals surface area contributed by atoms with Crippen molar-refractivity contribution < 1.29 is 19.1 Å². The van der Waals surface area contributed by atoms with Crippen LogP contribution in [0.5, 0.6) is 5.75 Å². The number of benzene rings is 3. The molecule has 0 saturated heterocycles. The third-order valence-electron chi connectivity index (χ3n) is 6.93. The highest BCUT2D eigenvalue weighted by molar-refractivity contribution is 6.04. The summed E-state index contributed by atoms with van der Waals surface area (Å²) in [5, 5.41) is 20.8. The van der Waals surface area contributed by atoms with Crippen molar-refractivity contribution in [2.45, 2.75) is 45.1 Å². The predicted octanol–water partition coefficient (Wildman–Crippen LogP) is 6.37. The summed E-state index contributed by atoms with van der Waals surface area (Å²) in [6.45, 7) is 1.98. The molecule has 0 spiro atoms. The Labute approximate surface area is 220 Å². The van der Waals surface area contributed by atoms with E-state index in [1.54, 1.807) is 42.5 Å². The lowest BCUT2D eigenvalue weighted by atomic mass is 10.0. The Morgan fingerprint density at radius 2 is 1.76 bits per heavy atom. The van der Waals surface area contributed by atoms with Gasteiger partial charge in [0.1, 0.15) is 11.6 Å². The van der Waals surface area contributed by atoms with Gasteiger partial charge >= 0.3 is 6.03 Å². The fourth-order valence-corrected chi connectivity index (χ4v) is 4.82. The number of rotatable bonds is 6. The van der Waals surface area contributed by atoms with Crippen molar-refractivity contribution in [1.29, 1.82) is 0 Å². The normalized spacial score (nSPS) is 13.4. The summed E-state index contributed by atoms with van der Waals surface area (Å²) in [6.07, 6.45) is 4.00. The lowest BCUT2D eigenvalue weighted by Gasteiger charge is -2.12. The molecule has 1 heterocycles. The number of nitrogens with one attached hydrogen (secondary N) is 2. The summed E-state index contributed by atoms with van der Waals surface area (Å²) in [5.41, 5.74) is 4.00. The van der Waals surface area contributed by atoms with Crippen molar-refractivity contribution in [3.63, 3.8) is 0 Å². The number of aryl methyl sites for hydroxylation is 1. The van der Waals surface area contributed by atoms with Crippen molar-refractivity contribution in [3.05, 3.63) is 101 Å². The Kier molecular flexibility index (Phi) is 7.22. The Hall–Kier alpha value is -4.46. The molecule has 0 atom stereocenters.